The number of phenolic OH excluding ortho intramolecular Hbond substituents is 1. The number of carbonyl (C=O) groups is 2. The van der Waals surface area contributed by atoms with Crippen molar-refractivity contribution in [2.75, 3.05) is 12.4 Å². The third-order valence-corrected chi connectivity index (χ3v) is 3.10. The van der Waals surface area contributed by atoms with Crippen molar-refractivity contribution in [2.24, 2.45) is 5.10 Å². The molecule has 7 nitrogen and oxygen atoms in total. The number of rotatable bonds is 4. The van der Waals surface area contributed by atoms with Crippen LogP contribution in [-0.4, -0.2) is 30.2 Å². The molecule has 24 heavy (non-hydrogen) atoms. The second-order valence-corrected chi connectivity index (χ2v) is 4.95. The normalized spacial score (nSPS) is 10.4. The van der Waals surface area contributed by atoms with Gasteiger partial charge in [-0.1, -0.05) is 17.7 Å². The van der Waals surface area contributed by atoms with E-state index in [1.807, 2.05) is 19.1 Å². The van der Waals surface area contributed by atoms with Crippen molar-refractivity contribution < 1.29 is 19.4 Å². The number of carbonyl (C=O) groups excluding carboxylic acids is 2. The van der Waals surface area contributed by atoms with Gasteiger partial charge in [0, 0.05) is 5.69 Å². The molecule has 0 fully saturated rings. The van der Waals surface area contributed by atoms with Crippen LogP contribution >= 0.6 is 0 Å². The lowest BCUT2D eigenvalue weighted by Crippen LogP contribution is -2.32. The molecular weight excluding hydrogens is 310 g/mol. The van der Waals surface area contributed by atoms with Crippen molar-refractivity contribution in [1.29, 1.82) is 0 Å². The summed E-state index contributed by atoms with van der Waals surface area (Å²) in [5.74, 6) is -1.43. The Labute approximate surface area is 139 Å². The zero-order chi connectivity index (χ0) is 17.5. The van der Waals surface area contributed by atoms with Gasteiger partial charge in [0.25, 0.3) is 0 Å². The van der Waals surface area contributed by atoms with Crippen LogP contribution in [-0.2, 0) is 9.59 Å². The molecule has 0 aromatic heterocycles. The number of nitrogens with one attached hydrogen (secondary N) is 2. The van der Waals surface area contributed by atoms with Crippen molar-refractivity contribution in [3.8, 4) is 11.5 Å². The van der Waals surface area contributed by atoms with Gasteiger partial charge in [-0.15, -0.1) is 0 Å². The SMILES string of the molecule is COc1cc(/C=N\NC(=O)C(=O)Nc2ccc(C)cc2)ccc1O. The van der Waals surface area contributed by atoms with Gasteiger partial charge in [-0.25, -0.2) is 5.43 Å². The Morgan fingerprint density at radius 1 is 1.12 bits per heavy atom. The number of methoxy groups -OCH3 is 1. The molecule has 0 radical (unpaired) electrons. The molecule has 0 saturated heterocycles. The van der Waals surface area contributed by atoms with Crippen LogP contribution in [0.5, 0.6) is 11.5 Å². The summed E-state index contributed by atoms with van der Waals surface area (Å²) in [6.07, 6.45) is 1.33. The van der Waals surface area contributed by atoms with Crippen LogP contribution in [0.4, 0.5) is 5.69 Å². The first-order valence-corrected chi connectivity index (χ1v) is 7.07. The number of hydrogen-bond donors (Lipinski definition) is 3. The van der Waals surface area contributed by atoms with Gasteiger partial charge >= 0.3 is 11.8 Å². The van der Waals surface area contributed by atoms with Gasteiger partial charge in [0.1, 0.15) is 0 Å². The quantitative estimate of drug-likeness (QED) is 0.453. The number of phenols is 1. The zero-order valence-corrected chi connectivity index (χ0v) is 13.2. The maximum atomic E-state index is 11.7. The van der Waals surface area contributed by atoms with Crippen LogP contribution in [0.1, 0.15) is 11.1 Å². The van der Waals surface area contributed by atoms with E-state index in [0.29, 0.717) is 11.3 Å². The summed E-state index contributed by atoms with van der Waals surface area (Å²) >= 11 is 0. The van der Waals surface area contributed by atoms with E-state index >= 15 is 0 Å². The largest absolute Gasteiger partial charge is 0.504 e. The highest BCUT2D eigenvalue weighted by molar-refractivity contribution is 6.39. The second-order valence-electron chi connectivity index (χ2n) is 4.95. The Bertz CT molecular complexity index is 770. The van der Waals surface area contributed by atoms with Gasteiger partial charge in [-0.05, 0) is 42.8 Å². The Morgan fingerprint density at radius 3 is 2.50 bits per heavy atom. The first-order valence-electron chi connectivity index (χ1n) is 7.07. The first-order chi connectivity index (χ1) is 11.5. The van der Waals surface area contributed by atoms with Crippen LogP contribution in [0.15, 0.2) is 47.6 Å². The minimum Gasteiger partial charge on any atom is -0.504 e. The Hall–Kier alpha value is -3.35. The Morgan fingerprint density at radius 2 is 1.83 bits per heavy atom. The van der Waals surface area contributed by atoms with Gasteiger partial charge in [-0.2, -0.15) is 5.10 Å². The monoisotopic (exact) mass is 327 g/mol. The minimum absolute atomic E-state index is 0.00355. The summed E-state index contributed by atoms with van der Waals surface area (Å²) in [4.78, 5) is 23.4. The van der Waals surface area contributed by atoms with Crippen molar-refractivity contribution in [2.45, 2.75) is 6.92 Å². The highest BCUT2D eigenvalue weighted by Crippen LogP contribution is 2.25. The topological polar surface area (TPSA) is 100 Å². The molecule has 0 unspecified atom stereocenters. The van der Waals surface area contributed by atoms with Gasteiger partial charge < -0.3 is 15.2 Å². The van der Waals surface area contributed by atoms with Gasteiger partial charge in [0.2, 0.25) is 0 Å². The molecule has 0 bridgehead atoms. The number of hydrogen-bond acceptors (Lipinski definition) is 5. The predicted octanol–water partition coefficient (Wildman–Crippen LogP) is 1.80. The lowest BCUT2D eigenvalue weighted by Gasteiger charge is -2.04. The molecule has 124 valence electrons. The maximum absolute atomic E-state index is 11.7. The lowest BCUT2D eigenvalue weighted by molar-refractivity contribution is -0.136. The van der Waals surface area contributed by atoms with E-state index in [2.05, 4.69) is 15.8 Å². The third kappa shape index (κ3) is 4.57. The summed E-state index contributed by atoms with van der Waals surface area (Å²) in [7, 11) is 1.42. The number of ether oxygens (including phenoxy) is 1. The summed E-state index contributed by atoms with van der Waals surface area (Å²) in [5, 5.41) is 15.7. The highest BCUT2D eigenvalue weighted by Gasteiger charge is 2.12. The molecule has 0 heterocycles. The summed E-state index contributed by atoms with van der Waals surface area (Å²) in [6, 6.07) is 11.6. The number of aryl methyl sites for hydroxylation is 1. The first kappa shape index (κ1) is 17.0. The number of benzene rings is 2. The molecule has 0 atom stereocenters. The molecule has 2 aromatic rings. The summed E-state index contributed by atoms with van der Waals surface area (Å²) in [6.45, 7) is 1.92. The number of nitrogens with zero attached hydrogens (tertiary/aromatic N) is 1. The van der Waals surface area contributed by atoms with Crippen molar-refractivity contribution in [1.82, 2.24) is 5.43 Å². The standard InChI is InChI=1S/C17H17N3O4/c1-11-3-6-13(7-4-11)19-16(22)17(23)20-18-10-12-5-8-14(21)15(9-12)24-2/h3-10,21H,1-2H3,(H,19,22)(H,20,23)/b18-10-. The number of aromatic hydroxyl groups is 1. The van der Waals surface area contributed by atoms with Crippen LogP contribution in [0.2, 0.25) is 0 Å². The van der Waals surface area contributed by atoms with Gasteiger partial charge in [0.15, 0.2) is 11.5 Å². The number of anilines is 1. The Kier molecular flexibility index (Phi) is 5.51. The van der Waals surface area contributed by atoms with Crippen LogP contribution in [0, 0.1) is 6.92 Å². The minimum atomic E-state index is -0.891. The number of amides is 2. The zero-order valence-electron chi connectivity index (χ0n) is 13.2. The predicted molar refractivity (Wildman–Crippen MR) is 90.2 cm³/mol. The molecule has 7 heteroatoms. The molecule has 0 aliphatic rings. The van der Waals surface area contributed by atoms with Gasteiger partial charge in [-0.3, -0.25) is 9.59 Å². The van der Waals surface area contributed by atoms with Gasteiger partial charge in [0.05, 0.1) is 13.3 Å². The van der Waals surface area contributed by atoms with E-state index in [-0.39, 0.29) is 11.5 Å². The van der Waals surface area contributed by atoms with E-state index in [1.165, 1.54) is 25.5 Å². The fourth-order valence-electron chi connectivity index (χ4n) is 1.82. The molecule has 0 aliphatic heterocycles. The average molecular weight is 327 g/mol. The van der Waals surface area contributed by atoms with E-state index in [9.17, 15) is 14.7 Å². The number of hydrazone groups is 1. The molecule has 2 aromatic carbocycles. The molecule has 0 aliphatic carbocycles. The second kappa shape index (κ2) is 7.77. The van der Waals surface area contributed by atoms with Crippen molar-refractivity contribution in [3.05, 3.63) is 53.6 Å². The smallest absolute Gasteiger partial charge is 0.329 e. The molecule has 2 amide bonds. The van der Waals surface area contributed by atoms with Crippen LogP contribution in [0.25, 0.3) is 0 Å². The lowest BCUT2D eigenvalue weighted by atomic mass is 10.2. The van der Waals surface area contributed by atoms with Crippen molar-refractivity contribution >= 4 is 23.7 Å². The molecule has 2 rings (SSSR count). The molecular formula is C17H17N3O4. The maximum Gasteiger partial charge on any atom is 0.329 e. The van der Waals surface area contributed by atoms with E-state index in [1.54, 1.807) is 18.2 Å². The van der Waals surface area contributed by atoms with E-state index in [0.717, 1.165) is 5.56 Å². The third-order valence-electron chi connectivity index (χ3n) is 3.10. The van der Waals surface area contributed by atoms with Crippen LogP contribution < -0.4 is 15.5 Å². The average Bonchev–Trinajstić information content (AvgIpc) is 2.58. The molecule has 0 saturated carbocycles. The molecule has 3 N–H and O–H groups in total. The fourth-order valence-corrected chi connectivity index (χ4v) is 1.82. The highest BCUT2D eigenvalue weighted by atomic mass is 16.5. The Balaban J connectivity index is 1.92. The van der Waals surface area contributed by atoms with Crippen LogP contribution in [0.3, 0.4) is 0 Å². The van der Waals surface area contributed by atoms with E-state index < -0.39 is 11.8 Å². The summed E-state index contributed by atoms with van der Waals surface area (Å²) in [5.41, 5.74) is 4.29. The van der Waals surface area contributed by atoms with E-state index in [4.69, 9.17) is 4.74 Å². The molecule has 0 spiro atoms. The fraction of sp³-hybridized carbons (Fsp3) is 0.118. The summed E-state index contributed by atoms with van der Waals surface area (Å²) < 4.78 is 4.96. The van der Waals surface area contributed by atoms with Crippen molar-refractivity contribution in [3.63, 3.8) is 0 Å².